The van der Waals surface area contributed by atoms with Crippen LogP contribution in [0.4, 0.5) is 10.8 Å². The molecule has 3 rings (SSSR count). The van der Waals surface area contributed by atoms with Crippen LogP contribution in [0, 0.1) is 14.4 Å². The van der Waals surface area contributed by atoms with E-state index in [9.17, 15) is 0 Å². The summed E-state index contributed by atoms with van der Waals surface area (Å²) in [6, 6.07) is 12.2. The van der Waals surface area contributed by atoms with E-state index in [1.807, 2.05) is 43.5 Å². The van der Waals surface area contributed by atoms with Gasteiger partial charge in [0.15, 0.2) is 5.13 Å². The Balaban J connectivity index is 0.00000117. The van der Waals surface area contributed by atoms with Crippen molar-refractivity contribution in [1.29, 1.82) is 0 Å². The average molecular weight is 401 g/mol. The number of rotatable bonds is 3. The summed E-state index contributed by atoms with van der Waals surface area (Å²) < 4.78 is 0. The molecular formula is C18H22N3SY-. The van der Waals surface area contributed by atoms with E-state index in [-0.39, 0.29) is 40.1 Å². The van der Waals surface area contributed by atoms with Gasteiger partial charge in [-0.2, -0.15) is 0 Å². The van der Waals surface area contributed by atoms with Gasteiger partial charge in [-0.05, 0) is 36.8 Å². The third-order valence-electron chi connectivity index (χ3n) is 2.75. The van der Waals surface area contributed by atoms with E-state index in [0.717, 1.165) is 22.1 Å². The Morgan fingerprint density at radius 2 is 1.74 bits per heavy atom. The fourth-order valence-electron chi connectivity index (χ4n) is 1.83. The summed E-state index contributed by atoms with van der Waals surface area (Å²) in [5.74, 6) is 0. The molecule has 0 aliphatic rings. The first-order valence-corrected chi connectivity index (χ1v) is 7.89. The van der Waals surface area contributed by atoms with Crippen molar-refractivity contribution in [2.45, 2.75) is 20.8 Å². The van der Waals surface area contributed by atoms with Gasteiger partial charge in [0.05, 0.1) is 5.69 Å². The zero-order valence-corrected chi connectivity index (χ0v) is 17.7. The van der Waals surface area contributed by atoms with Crippen molar-refractivity contribution in [2.75, 3.05) is 5.32 Å². The predicted molar refractivity (Wildman–Crippen MR) is 97.6 cm³/mol. The fourth-order valence-corrected chi connectivity index (χ4v) is 2.57. The van der Waals surface area contributed by atoms with Crippen LogP contribution in [0.15, 0.2) is 54.2 Å². The quantitative estimate of drug-likeness (QED) is 0.570. The largest absolute Gasteiger partial charge is 0.358 e. The van der Waals surface area contributed by atoms with Crippen LogP contribution in [0.1, 0.15) is 19.4 Å². The predicted octanol–water partition coefficient (Wildman–Crippen LogP) is 5.73. The Morgan fingerprint density at radius 3 is 2.39 bits per heavy atom. The van der Waals surface area contributed by atoms with Crippen LogP contribution < -0.4 is 5.32 Å². The van der Waals surface area contributed by atoms with Crippen molar-refractivity contribution in [1.82, 2.24) is 9.97 Å². The molecule has 1 N–H and O–H groups in total. The number of hydrogen-bond donors (Lipinski definition) is 1. The van der Waals surface area contributed by atoms with Gasteiger partial charge in [0, 0.05) is 61.7 Å². The van der Waals surface area contributed by atoms with Crippen LogP contribution in [0.2, 0.25) is 0 Å². The van der Waals surface area contributed by atoms with Crippen LogP contribution in [-0.2, 0) is 32.7 Å². The van der Waals surface area contributed by atoms with Crippen LogP contribution in [0.25, 0.3) is 11.3 Å². The van der Waals surface area contributed by atoms with Gasteiger partial charge in [0.2, 0.25) is 0 Å². The van der Waals surface area contributed by atoms with Crippen molar-refractivity contribution in [3.05, 3.63) is 67.2 Å². The number of pyridine rings is 1. The third-order valence-corrected chi connectivity index (χ3v) is 3.51. The van der Waals surface area contributed by atoms with Crippen LogP contribution >= 0.6 is 11.3 Å². The van der Waals surface area contributed by atoms with Crippen LogP contribution in [0.3, 0.4) is 0 Å². The van der Waals surface area contributed by atoms with Gasteiger partial charge in [-0.1, -0.05) is 26.0 Å². The molecule has 2 aromatic heterocycles. The first-order chi connectivity index (χ1) is 10.3. The normalized spacial score (nSPS) is 8.83. The van der Waals surface area contributed by atoms with Crippen molar-refractivity contribution in [2.24, 2.45) is 0 Å². The minimum atomic E-state index is 0. The summed E-state index contributed by atoms with van der Waals surface area (Å²) in [7, 11) is 0. The molecule has 3 aromatic rings. The summed E-state index contributed by atoms with van der Waals surface area (Å²) in [5.41, 5.74) is 4.36. The molecule has 0 atom stereocenters. The number of benzene rings is 1. The van der Waals surface area contributed by atoms with Gasteiger partial charge >= 0.3 is 0 Å². The van der Waals surface area contributed by atoms with Crippen LogP contribution in [0.5, 0.6) is 0 Å². The van der Waals surface area contributed by atoms with Crippen molar-refractivity contribution < 1.29 is 32.7 Å². The summed E-state index contributed by atoms with van der Waals surface area (Å²) in [6.07, 6.45) is 3.56. The van der Waals surface area contributed by atoms with Crippen molar-refractivity contribution in [3.8, 4) is 11.3 Å². The minimum absolute atomic E-state index is 0. The zero-order valence-electron chi connectivity index (χ0n) is 14.1. The Hall–Kier alpha value is -1.10. The molecule has 0 fully saturated rings. The van der Waals surface area contributed by atoms with Gasteiger partial charge in [-0.3, -0.25) is 4.98 Å². The second-order valence-electron chi connectivity index (χ2n) is 4.27. The number of nitrogens with zero attached hydrogens (tertiary/aromatic N) is 2. The Bertz CT molecular complexity index is 683. The molecule has 0 saturated carbocycles. The first kappa shape index (κ1) is 21.9. The number of nitrogens with one attached hydrogen (secondary N) is 1. The molecule has 119 valence electrons. The van der Waals surface area contributed by atoms with E-state index in [0.29, 0.717) is 0 Å². The van der Waals surface area contributed by atoms with Crippen molar-refractivity contribution >= 4 is 22.2 Å². The molecule has 1 aromatic carbocycles. The molecule has 0 saturated heterocycles. The van der Waals surface area contributed by atoms with Gasteiger partial charge < -0.3 is 12.7 Å². The van der Waals surface area contributed by atoms with Gasteiger partial charge in [0.1, 0.15) is 0 Å². The molecule has 0 aliphatic heterocycles. The molecule has 2 heterocycles. The maximum absolute atomic E-state index is 4.59. The van der Waals surface area contributed by atoms with Crippen molar-refractivity contribution in [3.63, 3.8) is 0 Å². The number of thiazole rings is 1. The molecule has 1 radical (unpaired) electrons. The molecule has 0 amide bonds. The first-order valence-electron chi connectivity index (χ1n) is 7.01. The molecule has 0 bridgehead atoms. The Morgan fingerprint density at radius 1 is 1.04 bits per heavy atom. The molecular weight excluding hydrogens is 379 g/mol. The number of hydrogen-bond acceptors (Lipinski definition) is 4. The molecule has 0 spiro atoms. The number of aromatic nitrogens is 2. The Labute approximate surface area is 168 Å². The fraction of sp³-hybridized carbons (Fsp3) is 0.167. The van der Waals surface area contributed by atoms with Gasteiger partial charge in [-0.15, -0.1) is 11.3 Å². The average Bonchev–Trinajstić information content (AvgIpc) is 2.99. The molecule has 0 unspecified atom stereocenters. The summed E-state index contributed by atoms with van der Waals surface area (Å²) in [5, 5.41) is 6.28. The zero-order chi connectivity index (χ0) is 15.1. The smallest absolute Gasteiger partial charge is 0.187 e. The molecule has 3 nitrogen and oxygen atoms in total. The second-order valence-corrected chi connectivity index (χ2v) is 5.13. The van der Waals surface area contributed by atoms with Crippen LogP contribution in [-0.4, -0.2) is 9.97 Å². The van der Waals surface area contributed by atoms with Gasteiger partial charge in [-0.25, -0.2) is 4.98 Å². The maximum atomic E-state index is 4.59. The topological polar surface area (TPSA) is 37.8 Å². The summed E-state index contributed by atoms with van der Waals surface area (Å²) in [6.45, 7) is 6.08. The molecule has 5 heteroatoms. The summed E-state index contributed by atoms with van der Waals surface area (Å²) in [4.78, 5) is 8.60. The standard InChI is InChI=1S/C15H13N3S.C2H6.CH3.Y/c1-11-3-2-4-13(9-11)17-15-18-14(10-19-15)12-5-7-16-8-6-12;1-2;;/h2-10H,1H3,(H,17,18);1-2H3;1H3;/q;;-1;. The number of aryl methyl sites for hydroxylation is 1. The Kier molecular flexibility index (Phi) is 10.9. The minimum Gasteiger partial charge on any atom is -0.358 e. The van der Waals surface area contributed by atoms with E-state index >= 15 is 0 Å². The van der Waals surface area contributed by atoms with E-state index < -0.39 is 0 Å². The van der Waals surface area contributed by atoms with Gasteiger partial charge in [0.25, 0.3) is 0 Å². The maximum Gasteiger partial charge on any atom is 0.187 e. The number of anilines is 2. The van der Waals surface area contributed by atoms with E-state index in [1.54, 1.807) is 23.7 Å². The SMILES string of the molecule is CC.Cc1cccc(Nc2nc(-c3ccncc3)cs2)c1.[CH3-].[Y]. The second kappa shape index (κ2) is 11.4. The van der Waals surface area contributed by atoms with E-state index in [1.165, 1.54) is 5.56 Å². The monoisotopic (exact) mass is 401 g/mol. The van der Waals surface area contributed by atoms with E-state index in [4.69, 9.17) is 0 Å². The molecule has 23 heavy (non-hydrogen) atoms. The molecule has 0 aliphatic carbocycles. The summed E-state index contributed by atoms with van der Waals surface area (Å²) >= 11 is 1.60. The third kappa shape index (κ3) is 6.50. The van der Waals surface area contributed by atoms with E-state index in [2.05, 4.69) is 34.3 Å².